The van der Waals surface area contributed by atoms with Crippen molar-refractivity contribution in [3.8, 4) is 22.8 Å². The van der Waals surface area contributed by atoms with E-state index >= 15 is 0 Å². The molecule has 3 aromatic rings. The average Bonchev–Trinajstić information content (AvgIpc) is 2.97. The van der Waals surface area contributed by atoms with Crippen LogP contribution in [0.4, 0.5) is 0 Å². The summed E-state index contributed by atoms with van der Waals surface area (Å²) in [6, 6.07) is 14.3. The SMILES string of the molecule is O=C(O)c1ccccc1-c1ncc(-c2cccc(Br)c2)o1. The van der Waals surface area contributed by atoms with Crippen LogP contribution in [0.1, 0.15) is 10.4 Å². The first-order chi connectivity index (χ1) is 10.1. The molecule has 5 heteroatoms. The van der Waals surface area contributed by atoms with Crippen LogP contribution in [0.2, 0.25) is 0 Å². The second kappa shape index (κ2) is 5.54. The number of oxazole rings is 1. The lowest BCUT2D eigenvalue weighted by molar-refractivity contribution is 0.0697. The molecule has 1 heterocycles. The molecular weight excluding hydrogens is 334 g/mol. The smallest absolute Gasteiger partial charge is 0.336 e. The number of nitrogens with zero attached hydrogens (tertiary/aromatic N) is 1. The Morgan fingerprint density at radius 2 is 1.95 bits per heavy atom. The monoisotopic (exact) mass is 343 g/mol. The van der Waals surface area contributed by atoms with E-state index in [4.69, 9.17) is 4.42 Å². The minimum atomic E-state index is -1.01. The molecule has 0 aliphatic rings. The standard InChI is InChI=1S/C16H10BrNO3/c17-11-5-3-4-10(8-11)14-9-18-15(21-14)12-6-1-2-7-13(12)16(19)20/h1-9H,(H,19,20). The van der Waals surface area contributed by atoms with E-state index in [1.165, 1.54) is 6.07 Å². The predicted molar refractivity (Wildman–Crippen MR) is 82.0 cm³/mol. The molecule has 0 spiro atoms. The zero-order valence-corrected chi connectivity index (χ0v) is 12.4. The number of aromatic carboxylic acids is 1. The van der Waals surface area contributed by atoms with Gasteiger partial charge in [-0.15, -0.1) is 0 Å². The summed E-state index contributed by atoms with van der Waals surface area (Å²) in [6.07, 6.45) is 1.59. The van der Waals surface area contributed by atoms with Crippen LogP contribution in [0.25, 0.3) is 22.8 Å². The fraction of sp³-hybridized carbons (Fsp3) is 0. The first kappa shape index (κ1) is 13.6. The van der Waals surface area contributed by atoms with Crippen molar-refractivity contribution in [3.63, 3.8) is 0 Å². The van der Waals surface area contributed by atoms with Crippen molar-refractivity contribution in [3.05, 3.63) is 64.8 Å². The maximum absolute atomic E-state index is 11.2. The van der Waals surface area contributed by atoms with Crippen LogP contribution in [0.5, 0.6) is 0 Å². The Morgan fingerprint density at radius 3 is 2.71 bits per heavy atom. The first-order valence-corrected chi connectivity index (χ1v) is 6.99. The number of rotatable bonds is 3. The normalized spacial score (nSPS) is 10.5. The molecule has 0 fully saturated rings. The van der Waals surface area contributed by atoms with Gasteiger partial charge in [0, 0.05) is 10.0 Å². The lowest BCUT2D eigenvalue weighted by Gasteiger charge is -2.01. The molecule has 3 rings (SSSR count). The highest BCUT2D eigenvalue weighted by Gasteiger charge is 2.15. The number of benzene rings is 2. The zero-order chi connectivity index (χ0) is 14.8. The van der Waals surface area contributed by atoms with Crippen molar-refractivity contribution in [1.82, 2.24) is 4.98 Å². The second-order valence-corrected chi connectivity index (χ2v) is 5.31. The van der Waals surface area contributed by atoms with Crippen LogP contribution in [-0.4, -0.2) is 16.1 Å². The second-order valence-electron chi connectivity index (χ2n) is 4.39. The number of halogens is 1. The van der Waals surface area contributed by atoms with Gasteiger partial charge in [-0.3, -0.25) is 0 Å². The molecule has 0 saturated carbocycles. The third-order valence-corrected chi connectivity index (χ3v) is 3.50. The Morgan fingerprint density at radius 1 is 1.14 bits per heavy atom. The number of carboxylic acid groups (broad SMARTS) is 1. The largest absolute Gasteiger partial charge is 0.478 e. The summed E-state index contributed by atoms with van der Waals surface area (Å²) in [5, 5.41) is 9.21. The Kier molecular flexibility index (Phi) is 3.58. The maximum atomic E-state index is 11.2. The van der Waals surface area contributed by atoms with Crippen molar-refractivity contribution < 1.29 is 14.3 Å². The van der Waals surface area contributed by atoms with Crippen molar-refractivity contribution in [2.45, 2.75) is 0 Å². The summed E-state index contributed by atoms with van der Waals surface area (Å²) in [7, 11) is 0. The predicted octanol–water partition coefficient (Wildman–Crippen LogP) is 4.47. The summed E-state index contributed by atoms with van der Waals surface area (Å²) in [5.74, 6) is -0.123. The molecule has 0 aliphatic heterocycles. The molecule has 0 radical (unpaired) electrons. The lowest BCUT2D eigenvalue weighted by atomic mass is 10.1. The van der Waals surface area contributed by atoms with E-state index < -0.39 is 5.97 Å². The van der Waals surface area contributed by atoms with Crippen molar-refractivity contribution >= 4 is 21.9 Å². The van der Waals surface area contributed by atoms with Gasteiger partial charge < -0.3 is 9.52 Å². The molecule has 1 aromatic heterocycles. The van der Waals surface area contributed by atoms with Gasteiger partial charge in [-0.2, -0.15) is 0 Å². The van der Waals surface area contributed by atoms with Crippen LogP contribution in [0.3, 0.4) is 0 Å². The highest BCUT2D eigenvalue weighted by molar-refractivity contribution is 9.10. The molecule has 0 saturated heterocycles. The minimum Gasteiger partial charge on any atom is -0.478 e. The fourth-order valence-corrected chi connectivity index (χ4v) is 2.43. The lowest BCUT2D eigenvalue weighted by Crippen LogP contribution is -1.98. The molecule has 1 N–H and O–H groups in total. The topological polar surface area (TPSA) is 63.3 Å². The highest BCUT2D eigenvalue weighted by Crippen LogP contribution is 2.29. The Labute approximate surface area is 129 Å². The summed E-state index contributed by atoms with van der Waals surface area (Å²) in [4.78, 5) is 15.4. The van der Waals surface area contributed by atoms with E-state index in [0.717, 1.165) is 10.0 Å². The van der Waals surface area contributed by atoms with Crippen LogP contribution < -0.4 is 0 Å². The van der Waals surface area contributed by atoms with Gasteiger partial charge in [0.1, 0.15) is 0 Å². The van der Waals surface area contributed by atoms with E-state index in [1.807, 2.05) is 24.3 Å². The van der Waals surface area contributed by atoms with Gasteiger partial charge in [0.05, 0.1) is 17.3 Å². The van der Waals surface area contributed by atoms with Gasteiger partial charge in [-0.05, 0) is 24.3 Å². The van der Waals surface area contributed by atoms with Gasteiger partial charge in [-0.25, -0.2) is 9.78 Å². The van der Waals surface area contributed by atoms with E-state index in [1.54, 1.807) is 24.4 Å². The number of carboxylic acids is 1. The molecular formula is C16H10BrNO3. The molecule has 0 atom stereocenters. The van der Waals surface area contributed by atoms with Crippen molar-refractivity contribution in [1.29, 1.82) is 0 Å². The zero-order valence-electron chi connectivity index (χ0n) is 10.8. The van der Waals surface area contributed by atoms with Crippen molar-refractivity contribution in [2.24, 2.45) is 0 Å². The van der Waals surface area contributed by atoms with E-state index in [0.29, 0.717) is 17.2 Å². The molecule has 21 heavy (non-hydrogen) atoms. The molecule has 0 unspecified atom stereocenters. The Hall–Kier alpha value is -2.40. The van der Waals surface area contributed by atoms with E-state index in [9.17, 15) is 9.90 Å². The fourth-order valence-electron chi connectivity index (χ4n) is 2.03. The number of aromatic nitrogens is 1. The van der Waals surface area contributed by atoms with Crippen LogP contribution >= 0.6 is 15.9 Å². The van der Waals surface area contributed by atoms with Crippen LogP contribution in [0.15, 0.2) is 63.6 Å². The quantitative estimate of drug-likeness (QED) is 0.761. The van der Waals surface area contributed by atoms with Gasteiger partial charge >= 0.3 is 5.97 Å². The summed E-state index contributed by atoms with van der Waals surface area (Å²) in [5.41, 5.74) is 1.50. The third kappa shape index (κ3) is 2.73. The number of carbonyl (C=O) groups is 1. The Balaban J connectivity index is 2.05. The van der Waals surface area contributed by atoms with Gasteiger partial charge in [-0.1, -0.05) is 40.2 Å². The van der Waals surface area contributed by atoms with E-state index in [-0.39, 0.29) is 5.56 Å². The molecule has 4 nitrogen and oxygen atoms in total. The third-order valence-electron chi connectivity index (χ3n) is 3.00. The molecule has 104 valence electrons. The highest BCUT2D eigenvalue weighted by atomic mass is 79.9. The van der Waals surface area contributed by atoms with Crippen molar-refractivity contribution in [2.75, 3.05) is 0 Å². The molecule has 0 aliphatic carbocycles. The maximum Gasteiger partial charge on any atom is 0.336 e. The van der Waals surface area contributed by atoms with Gasteiger partial charge in [0.25, 0.3) is 0 Å². The summed E-state index contributed by atoms with van der Waals surface area (Å²) in [6.45, 7) is 0. The average molecular weight is 344 g/mol. The van der Waals surface area contributed by atoms with E-state index in [2.05, 4.69) is 20.9 Å². The van der Waals surface area contributed by atoms with Gasteiger partial charge in [0.2, 0.25) is 5.89 Å². The summed E-state index contributed by atoms with van der Waals surface area (Å²) < 4.78 is 6.64. The molecule has 0 amide bonds. The number of hydrogen-bond acceptors (Lipinski definition) is 3. The van der Waals surface area contributed by atoms with Crippen LogP contribution in [0, 0.1) is 0 Å². The van der Waals surface area contributed by atoms with Gasteiger partial charge in [0.15, 0.2) is 5.76 Å². The minimum absolute atomic E-state index is 0.167. The Bertz CT molecular complexity index is 811. The first-order valence-electron chi connectivity index (χ1n) is 6.19. The molecule has 2 aromatic carbocycles. The summed E-state index contributed by atoms with van der Waals surface area (Å²) >= 11 is 3.40. The number of hydrogen-bond donors (Lipinski definition) is 1. The van der Waals surface area contributed by atoms with Crippen LogP contribution in [-0.2, 0) is 0 Å². The molecule has 0 bridgehead atoms.